The molecular formula is C13H17N3O3S. The zero-order valence-corrected chi connectivity index (χ0v) is 12.7. The number of anilines is 1. The highest BCUT2D eigenvalue weighted by Gasteiger charge is 2.17. The van der Waals surface area contributed by atoms with E-state index in [1.54, 1.807) is 13.0 Å². The van der Waals surface area contributed by atoms with Crippen LogP contribution in [0, 0.1) is 20.8 Å². The molecule has 2 rings (SSSR count). The Kier molecular flexibility index (Phi) is 4.49. The Morgan fingerprint density at radius 2 is 2.10 bits per heavy atom. The van der Waals surface area contributed by atoms with E-state index in [0.717, 1.165) is 17.0 Å². The summed E-state index contributed by atoms with van der Waals surface area (Å²) >= 11 is 1.53. The van der Waals surface area contributed by atoms with E-state index in [2.05, 4.69) is 15.6 Å². The van der Waals surface area contributed by atoms with Crippen molar-refractivity contribution in [1.82, 2.24) is 10.3 Å². The minimum Gasteiger partial charge on any atom is -0.361 e. The molecule has 0 unspecified atom stereocenters. The van der Waals surface area contributed by atoms with Crippen LogP contribution in [0.2, 0.25) is 0 Å². The molecule has 7 heteroatoms. The quantitative estimate of drug-likeness (QED) is 0.913. The maximum absolute atomic E-state index is 12.0. The summed E-state index contributed by atoms with van der Waals surface area (Å²) in [6.07, 6.45) is 0. The SMILES string of the molecule is Cc1cc(NC(=O)[C@@H](C)SCc2c(C)noc2C)no1. The number of rotatable bonds is 5. The Bertz CT molecular complexity index is 586. The van der Waals surface area contributed by atoms with Crippen LogP contribution in [0.15, 0.2) is 15.1 Å². The number of aromatic nitrogens is 2. The van der Waals surface area contributed by atoms with Crippen molar-refractivity contribution in [1.29, 1.82) is 0 Å². The summed E-state index contributed by atoms with van der Waals surface area (Å²) in [5.41, 5.74) is 1.92. The zero-order chi connectivity index (χ0) is 14.7. The van der Waals surface area contributed by atoms with Gasteiger partial charge in [0.2, 0.25) is 5.91 Å². The maximum Gasteiger partial charge on any atom is 0.238 e. The summed E-state index contributed by atoms with van der Waals surface area (Å²) in [5, 5.41) is 10.1. The lowest BCUT2D eigenvalue weighted by Gasteiger charge is -2.10. The molecule has 0 spiro atoms. The van der Waals surface area contributed by atoms with Gasteiger partial charge in [0.25, 0.3) is 0 Å². The van der Waals surface area contributed by atoms with Crippen LogP contribution in [0.3, 0.4) is 0 Å². The van der Waals surface area contributed by atoms with Gasteiger partial charge in [-0.25, -0.2) is 0 Å². The van der Waals surface area contributed by atoms with Crippen molar-refractivity contribution in [2.75, 3.05) is 5.32 Å². The summed E-state index contributed by atoms with van der Waals surface area (Å²) in [6, 6.07) is 1.68. The fraction of sp³-hybridized carbons (Fsp3) is 0.462. The van der Waals surface area contributed by atoms with Gasteiger partial charge in [0, 0.05) is 17.4 Å². The van der Waals surface area contributed by atoms with Crippen LogP contribution in [0.25, 0.3) is 0 Å². The number of nitrogens with one attached hydrogen (secondary N) is 1. The lowest BCUT2D eigenvalue weighted by Crippen LogP contribution is -2.22. The van der Waals surface area contributed by atoms with Crippen LogP contribution in [0.5, 0.6) is 0 Å². The zero-order valence-electron chi connectivity index (χ0n) is 11.9. The fourth-order valence-electron chi connectivity index (χ4n) is 1.65. The smallest absolute Gasteiger partial charge is 0.238 e. The van der Waals surface area contributed by atoms with Gasteiger partial charge in [0.15, 0.2) is 5.82 Å². The molecule has 6 nitrogen and oxygen atoms in total. The van der Waals surface area contributed by atoms with Gasteiger partial charge >= 0.3 is 0 Å². The number of nitrogens with zero attached hydrogens (tertiary/aromatic N) is 2. The molecule has 0 aliphatic rings. The van der Waals surface area contributed by atoms with E-state index in [1.807, 2.05) is 20.8 Å². The number of aryl methyl sites for hydroxylation is 3. The molecule has 0 fully saturated rings. The second-order valence-corrected chi connectivity index (χ2v) is 5.90. The van der Waals surface area contributed by atoms with Gasteiger partial charge in [-0.1, -0.05) is 10.3 Å². The van der Waals surface area contributed by atoms with Gasteiger partial charge in [0.05, 0.1) is 10.9 Å². The first-order chi connectivity index (χ1) is 9.47. The number of carbonyl (C=O) groups is 1. The number of carbonyl (C=O) groups excluding carboxylic acids is 1. The minimum atomic E-state index is -0.208. The van der Waals surface area contributed by atoms with Crippen LogP contribution >= 0.6 is 11.8 Å². The first-order valence-corrected chi connectivity index (χ1v) is 7.29. The molecule has 2 heterocycles. The third-order valence-corrected chi connectivity index (χ3v) is 4.08. The lowest BCUT2D eigenvalue weighted by atomic mass is 10.2. The molecule has 1 atom stereocenters. The maximum atomic E-state index is 12.0. The second kappa shape index (κ2) is 6.13. The van der Waals surface area contributed by atoms with Crippen molar-refractivity contribution in [3.05, 3.63) is 28.8 Å². The van der Waals surface area contributed by atoms with Crippen LogP contribution in [-0.4, -0.2) is 21.5 Å². The largest absolute Gasteiger partial charge is 0.361 e. The number of hydrogen-bond acceptors (Lipinski definition) is 6. The molecule has 0 aliphatic heterocycles. The molecular weight excluding hydrogens is 278 g/mol. The highest BCUT2D eigenvalue weighted by atomic mass is 32.2. The van der Waals surface area contributed by atoms with Gasteiger partial charge in [-0.3, -0.25) is 4.79 Å². The van der Waals surface area contributed by atoms with Gasteiger partial charge in [0.1, 0.15) is 11.5 Å². The molecule has 2 aromatic heterocycles. The Morgan fingerprint density at radius 1 is 1.35 bits per heavy atom. The molecule has 0 aliphatic carbocycles. The van der Waals surface area contributed by atoms with Crippen LogP contribution in [-0.2, 0) is 10.5 Å². The number of thioether (sulfide) groups is 1. The van der Waals surface area contributed by atoms with E-state index < -0.39 is 0 Å². The summed E-state index contributed by atoms with van der Waals surface area (Å²) in [7, 11) is 0. The monoisotopic (exact) mass is 295 g/mol. The molecule has 0 radical (unpaired) electrons. The third-order valence-electron chi connectivity index (χ3n) is 2.91. The van der Waals surface area contributed by atoms with Gasteiger partial charge in [-0.05, 0) is 27.7 Å². The van der Waals surface area contributed by atoms with Gasteiger partial charge in [-0.2, -0.15) is 0 Å². The minimum absolute atomic E-state index is 0.102. The van der Waals surface area contributed by atoms with Crippen molar-refractivity contribution in [3.8, 4) is 0 Å². The van der Waals surface area contributed by atoms with Crippen LogP contribution in [0.4, 0.5) is 5.82 Å². The third kappa shape index (κ3) is 3.41. The topological polar surface area (TPSA) is 81.2 Å². The Labute approximate surface area is 121 Å². The normalized spacial score (nSPS) is 12.4. The fourth-order valence-corrected chi connectivity index (χ4v) is 2.68. The van der Waals surface area contributed by atoms with Gasteiger partial charge < -0.3 is 14.4 Å². The van der Waals surface area contributed by atoms with E-state index in [9.17, 15) is 4.79 Å². The predicted molar refractivity (Wildman–Crippen MR) is 76.6 cm³/mol. The standard InChI is InChI=1S/C13H17N3O3S/c1-7-5-12(16-18-7)14-13(17)10(4)20-6-11-8(2)15-19-9(11)3/h5,10H,6H2,1-4H3,(H,14,16,17)/t10-/m1/s1. The molecule has 0 saturated heterocycles. The summed E-state index contributed by atoms with van der Waals surface area (Å²) in [6.45, 7) is 7.40. The van der Waals surface area contributed by atoms with Crippen LogP contribution in [0.1, 0.15) is 29.7 Å². The Morgan fingerprint density at radius 3 is 2.65 bits per heavy atom. The van der Waals surface area contributed by atoms with Crippen molar-refractivity contribution < 1.29 is 13.8 Å². The number of amides is 1. The Balaban J connectivity index is 1.88. The van der Waals surface area contributed by atoms with Gasteiger partial charge in [-0.15, -0.1) is 11.8 Å². The average Bonchev–Trinajstić information content (AvgIpc) is 2.94. The van der Waals surface area contributed by atoms with Crippen molar-refractivity contribution in [2.45, 2.75) is 38.7 Å². The first-order valence-electron chi connectivity index (χ1n) is 6.25. The van der Waals surface area contributed by atoms with E-state index in [1.165, 1.54) is 11.8 Å². The predicted octanol–water partition coefficient (Wildman–Crippen LogP) is 2.85. The number of hydrogen-bond donors (Lipinski definition) is 1. The van der Waals surface area contributed by atoms with Crippen molar-refractivity contribution in [3.63, 3.8) is 0 Å². The summed E-state index contributed by atoms with van der Waals surface area (Å²) in [4.78, 5) is 12.0. The van der Waals surface area contributed by atoms with Crippen molar-refractivity contribution >= 4 is 23.5 Å². The molecule has 0 aromatic carbocycles. The van der Waals surface area contributed by atoms with E-state index >= 15 is 0 Å². The van der Waals surface area contributed by atoms with E-state index in [-0.39, 0.29) is 11.2 Å². The Hall–Kier alpha value is -1.76. The van der Waals surface area contributed by atoms with E-state index in [4.69, 9.17) is 9.05 Å². The molecule has 108 valence electrons. The molecule has 1 N–H and O–H groups in total. The van der Waals surface area contributed by atoms with Crippen molar-refractivity contribution in [2.24, 2.45) is 0 Å². The molecule has 1 amide bonds. The first kappa shape index (κ1) is 14.6. The molecule has 0 saturated carbocycles. The molecule has 20 heavy (non-hydrogen) atoms. The highest BCUT2D eigenvalue weighted by molar-refractivity contribution is 7.99. The molecule has 2 aromatic rings. The van der Waals surface area contributed by atoms with Crippen LogP contribution < -0.4 is 5.32 Å². The summed E-state index contributed by atoms with van der Waals surface area (Å²) in [5.74, 6) is 2.49. The van der Waals surface area contributed by atoms with E-state index in [0.29, 0.717) is 17.3 Å². The average molecular weight is 295 g/mol. The lowest BCUT2D eigenvalue weighted by molar-refractivity contribution is -0.115. The summed E-state index contributed by atoms with van der Waals surface area (Å²) < 4.78 is 10.0. The second-order valence-electron chi connectivity index (χ2n) is 4.57. The molecule has 0 bridgehead atoms. The highest BCUT2D eigenvalue weighted by Crippen LogP contribution is 2.23.